The molecule has 2 aromatic carbocycles. The van der Waals surface area contributed by atoms with Gasteiger partial charge in [-0.25, -0.2) is 9.97 Å². The summed E-state index contributed by atoms with van der Waals surface area (Å²) in [5, 5.41) is 7.03. The maximum Gasteiger partial charge on any atom is 0.216 e. The molecule has 37 heavy (non-hydrogen) atoms. The molecule has 4 rings (SSSR count). The predicted octanol–water partition coefficient (Wildman–Crippen LogP) is 4.33. The van der Waals surface area contributed by atoms with E-state index in [2.05, 4.69) is 51.8 Å². The lowest BCUT2D eigenvalue weighted by Crippen LogP contribution is -2.26. The monoisotopic (exact) mass is 498 g/mol. The fourth-order valence-corrected chi connectivity index (χ4v) is 3.84. The summed E-state index contributed by atoms with van der Waals surface area (Å²) in [5.41, 5.74) is 3.82. The summed E-state index contributed by atoms with van der Waals surface area (Å²) in [7, 11) is 2.08. The van der Waals surface area contributed by atoms with Gasteiger partial charge in [-0.3, -0.25) is 4.79 Å². The van der Waals surface area contributed by atoms with Gasteiger partial charge in [-0.2, -0.15) is 0 Å². The van der Waals surface area contributed by atoms with E-state index in [9.17, 15) is 4.79 Å². The Kier molecular flexibility index (Phi) is 9.40. The quantitative estimate of drug-likeness (QED) is 0.238. The Labute approximate surface area is 217 Å². The van der Waals surface area contributed by atoms with E-state index in [0.717, 1.165) is 41.2 Å². The second-order valence-corrected chi connectivity index (χ2v) is 8.86. The van der Waals surface area contributed by atoms with E-state index < -0.39 is 0 Å². The van der Waals surface area contributed by atoms with Crippen LogP contribution in [0, 0.1) is 0 Å². The normalized spacial score (nSPS) is 11.4. The molecule has 8 heteroatoms. The molecule has 8 nitrogen and oxygen atoms in total. The molecule has 0 aliphatic heterocycles. The molecule has 2 heterocycles. The van der Waals surface area contributed by atoms with Crippen molar-refractivity contribution >= 4 is 28.8 Å². The van der Waals surface area contributed by atoms with Crippen LogP contribution in [0.3, 0.4) is 0 Å². The van der Waals surface area contributed by atoms with Crippen LogP contribution in [-0.2, 0) is 16.1 Å². The van der Waals surface area contributed by atoms with Gasteiger partial charge in [0.1, 0.15) is 11.5 Å². The first kappa shape index (κ1) is 26.1. The second kappa shape index (κ2) is 13.3. The summed E-state index contributed by atoms with van der Waals surface area (Å²) in [4.78, 5) is 26.3. The van der Waals surface area contributed by atoms with Crippen LogP contribution in [0.4, 0.5) is 5.82 Å². The molecule has 1 amide bonds. The van der Waals surface area contributed by atoms with Crippen LogP contribution >= 0.6 is 0 Å². The van der Waals surface area contributed by atoms with Crippen molar-refractivity contribution in [3.05, 3.63) is 84.1 Å². The number of hydrogen-bond donors (Lipinski definition) is 3. The summed E-state index contributed by atoms with van der Waals surface area (Å²) in [6.07, 6.45) is 4.30. The lowest BCUT2D eigenvalue weighted by Gasteiger charge is -2.14. The van der Waals surface area contributed by atoms with E-state index in [-0.39, 0.29) is 5.91 Å². The highest BCUT2D eigenvalue weighted by Gasteiger charge is 2.13. The minimum atomic E-state index is -0.0569. The third kappa shape index (κ3) is 7.99. The zero-order valence-corrected chi connectivity index (χ0v) is 21.4. The maximum atomic E-state index is 11.2. The first-order valence-electron chi connectivity index (χ1n) is 12.5. The van der Waals surface area contributed by atoms with Crippen molar-refractivity contribution in [2.45, 2.75) is 13.5 Å². The Morgan fingerprint density at radius 2 is 1.81 bits per heavy atom. The molecule has 0 unspecified atom stereocenters. The highest BCUT2D eigenvalue weighted by atomic mass is 16.5. The van der Waals surface area contributed by atoms with E-state index in [4.69, 9.17) is 14.7 Å². The predicted molar refractivity (Wildman–Crippen MR) is 149 cm³/mol. The molecule has 0 saturated carbocycles. The van der Waals surface area contributed by atoms with Crippen LogP contribution in [0.25, 0.3) is 28.5 Å². The van der Waals surface area contributed by atoms with Gasteiger partial charge in [0.25, 0.3) is 0 Å². The zero-order valence-electron chi connectivity index (χ0n) is 21.4. The van der Waals surface area contributed by atoms with Crippen molar-refractivity contribution in [3.63, 3.8) is 0 Å². The summed E-state index contributed by atoms with van der Waals surface area (Å²) in [6, 6.07) is 22.2. The fourth-order valence-electron chi connectivity index (χ4n) is 3.84. The van der Waals surface area contributed by atoms with Crippen molar-refractivity contribution in [1.82, 2.24) is 25.2 Å². The number of nitrogens with one attached hydrogen (secondary N) is 3. The van der Waals surface area contributed by atoms with Crippen LogP contribution in [0.1, 0.15) is 18.2 Å². The molecular weight excluding hydrogens is 464 g/mol. The number of hydrogen-bond acceptors (Lipinski definition) is 6. The SMILES string of the molecule is CC(=O)NCCNc1nc(-c2ccccc2)nc2[nH]c(COCCN(C)C/C=C/c3ccccc3)cc12. The average Bonchev–Trinajstić information content (AvgIpc) is 3.33. The largest absolute Gasteiger partial charge is 0.374 e. The van der Waals surface area contributed by atoms with Gasteiger partial charge >= 0.3 is 0 Å². The Bertz CT molecular complexity index is 1300. The van der Waals surface area contributed by atoms with Gasteiger partial charge in [0, 0.05) is 44.4 Å². The van der Waals surface area contributed by atoms with Crippen molar-refractivity contribution in [1.29, 1.82) is 0 Å². The molecule has 2 aromatic heterocycles. The van der Waals surface area contributed by atoms with Gasteiger partial charge < -0.3 is 25.3 Å². The van der Waals surface area contributed by atoms with Gasteiger partial charge in [0.15, 0.2) is 5.82 Å². The minimum absolute atomic E-state index is 0.0569. The lowest BCUT2D eigenvalue weighted by atomic mass is 10.2. The number of fused-ring (bicyclic) bond motifs is 1. The molecule has 0 aliphatic rings. The number of benzene rings is 2. The third-order valence-electron chi connectivity index (χ3n) is 5.77. The highest BCUT2D eigenvalue weighted by molar-refractivity contribution is 5.89. The number of nitrogens with zero attached hydrogens (tertiary/aromatic N) is 3. The lowest BCUT2D eigenvalue weighted by molar-refractivity contribution is -0.118. The Hall–Kier alpha value is -4.01. The van der Waals surface area contributed by atoms with E-state index in [1.165, 1.54) is 12.5 Å². The molecule has 0 bridgehead atoms. The zero-order chi connectivity index (χ0) is 25.9. The number of ether oxygens (including phenoxy) is 1. The van der Waals surface area contributed by atoms with Crippen molar-refractivity contribution in [2.75, 3.05) is 45.2 Å². The number of carbonyl (C=O) groups is 1. The molecule has 0 saturated heterocycles. The molecule has 0 spiro atoms. The van der Waals surface area contributed by atoms with E-state index in [1.807, 2.05) is 54.6 Å². The first-order valence-corrected chi connectivity index (χ1v) is 12.5. The van der Waals surface area contributed by atoms with E-state index in [0.29, 0.717) is 32.1 Å². The number of carbonyl (C=O) groups excluding carboxylic acids is 1. The number of anilines is 1. The topological polar surface area (TPSA) is 95.2 Å². The van der Waals surface area contributed by atoms with Crippen LogP contribution in [0.5, 0.6) is 0 Å². The maximum absolute atomic E-state index is 11.2. The first-order chi connectivity index (χ1) is 18.1. The van der Waals surface area contributed by atoms with Crippen molar-refractivity contribution in [3.8, 4) is 11.4 Å². The number of rotatable bonds is 13. The number of aromatic amines is 1. The van der Waals surface area contributed by atoms with Gasteiger partial charge in [-0.1, -0.05) is 72.8 Å². The van der Waals surface area contributed by atoms with Gasteiger partial charge in [-0.15, -0.1) is 0 Å². The Morgan fingerprint density at radius 3 is 2.57 bits per heavy atom. The summed E-state index contributed by atoms with van der Waals surface area (Å²) >= 11 is 0. The van der Waals surface area contributed by atoms with Crippen molar-refractivity contribution < 1.29 is 9.53 Å². The molecule has 0 radical (unpaired) electrons. The van der Waals surface area contributed by atoms with Gasteiger partial charge in [0.05, 0.1) is 18.6 Å². The summed E-state index contributed by atoms with van der Waals surface area (Å²) < 4.78 is 5.95. The van der Waals surface area contributed by atoms with Crippen LogP contribution in [-0.4, -0.2) is 65.6 Å². The summed E-state index contributed by atoms with van der Waals surface area (Å²) in [6.45, 7) is 5.33. The van der Waals surface area contributed by atoms with Crippen LogP contribution in [0.15, 0.2) is 72.8 Å². The highest BCUT2D eigenvalue weighted by Crippen LogP contribution is 2.26. The van der Waals surface area contributed by atoms with Crippen LogP contribution < -0.4 is 10.6 Å². The molecule has 3 N–H and O–H groups in total. The average molecular weight is 499 g/mol. The van der Waals surface area contributed by atoms with E-state index >= 15 is 0 Å². The third-order valence-corrected chi connectivity index (χ3v) is 5.77. The number of amides is 1. The van der Waals surface area contributed by atoms with Crippen LogP contribution in [0.2, 0.25) is 0 Å². The summed E-state index contributed by atoms with van der Waals surface area (Å²) in [5.74, 6) is 1.30. The van der Waals surface area contributed by atoms with E-state index in [1.54, 1.807) is 0 Å². The molecule has 0 atom stereocenters. The Morgan fingerprint density at radius 1 is 1.05 bits per heavy atom. The molecule has 4 aromatic rings. The molecular formula is C29H34N6O2. The number of aromatic nitrogens is 3. The van der Waals surface area contributed by atoms with Gasteiger partial charge in [0.2, 0.25) is 5.91 Å². The molecule has 0 aliphatic carbocycles. The smallest absolute Gasteiger partial charge is 0.216 e. The second-order valence-electron chi connectivity index (χ2n) is 8.86. The molecule has 192 valence electrons. The minimum Gasteiger partial charge on any atom is -0.374 e. The standard InChI is InChI=1S/C29H34N6O2/c1-22(36)30-15-16-31-28-26-20-25(32-29(26)34-27(33-28)24-13-7-4-8-14-24)21-37-19-18-35(2)17-9-12-23-10-5-3-6-11-23/h3-14,20H,15-19,21H2,1-2H3,(H,30,36)(H2,31,32,33,34)/b12-9+. The molecule has 0 fully saturated rings. The Balaban J connectivity index is 1.35. The van der Waals surface area contributed by atoms with Crippen molar-refractivity contribution in [2.24, 2.45) is 0 Å². The number of likely N-dealkylation sites (N-methyl/N-ethyl adjacent to an activating group) is 1. The number of H-pyrrole nitrogens is 1. The van der Waals surface area contributed by atoms with Gasteiger partial charge in [-0.05, 0) is 18.7 Å². The fraction of sp³-hybridized carbons (Fsp3) is 0.276.